The van der Waals surface area contributed by atoms with E-state index in [4.69, 9.17) is 16.1 Å². The summed E-state index contributed by atoms with van der Waals surface area (Å²) < 4.78 is 3.43. The van der Waals surface area contributed by atoms with Crippen LogP contribution < -0.4 is 16.2 Å². The number of aromatic nitrogens is 3. The minimum absolute atomic E-state index is 0.0570. The van der Waals surface area contributed by atoms with E-state index in [0.717, 1.165) is 48.7 Å². The molecule has 3 heterocycles. The van der Waals surface area contributed by atoms with Gasteiger partial charge in [0.25, 0.3) is 0 Å². The van der Waals surface area contributed by atoms with Crippen LogP contribution in [0.5, 0.6) is 0 Å². The van der Waals surface area contributed by atoms with Crippen LogP contribution in [0.15, 0.2) is 53.5 Å². The number of hydrogen-bond donors (Lipinski definition) is 1. The maximum atomic E-state index is 11.8. The van der Waals surface area contributed by atoms with Gasteiger partial charge in [-0.25, -0.2) is 4.68 Å². The predicted molar refractivity (Wildman–Crippen MR) is 108 cm³/mol. The SMILES string of the molecule is Cn1cc(-c2cc(N3CCC(N)CC3)nn2-c2ccc(C#N)cc2)ccc1=O. The fraction of sp³-hybridized carbons (Fsp3) is 0.286. The van der Waals surface area contributed by atoms with E-state index in [1.54, 1.807) is 29.8 Å². The molecule has 1 aliphatic rings. The highest BCUT2D eigenvalue weighted by Crippen LogP contribution is 2.28. The number of piperidine rings is 1. The normalized spacial score (nSPS) is 14.8. The molecule has 0 spiro atoms. The Bertz CT molecular complexity index is 1080. The van der Waals surface area contributed by atoms with Crippen molar-refractivity contribution in [2.45, 2.75) is 18.9 Å². The zero-order chi connectivity index (χ0) is 19.7. The first-order valence-electron chi connectivity index (χ1n) is 9.33. The molecule has 3 aromatic rings. The lowest BCUT2D eigenvalue weighted by Gasteiger charge is -2.30. The molecule has 1 saturated heterocycles. The third kappa shape index (κ3) is 3.42. The van der Waals surface area contributed by atoms with Crippen molar-refractivity contribution in [1.82, 2.24) is 14.3 Å². The van der Waals surface area contributed by atoms with Crippen LogP contribution in [0.25, 0.3) is 16.9 Å². The van der Waals surface area contributed by atoms with Crippen molar-refractivity contribution in [3.8, 4) is 23.0 Å². The van der Waals surface area contributed by atoms with Gasteiger partial charge in [-0.05, 0) is 43.2 Å². The minimum Gasteiger partial charge on any atom is -0.355 e. The molecule has 1 aliphatic heterocycles. The lowest BCUT2D eigenvalue weighted by molar-refractivity contribution is 0.498. The van der Waals surface area contributed by atoms with E-state index < -0.39 is 0 Å². The van der Waals surface area contributed by atoms with E-state index in [1.165, 1.54) is 0 Å². The van der Waals surface area contributed by atoms with Gasteiger partial charge in [-0.15, -0.1) is 5.10 Å². The van der Waals surface area contributed by atoms with Crippen molar-refractivity contribution in [3.05, 3.63) is 64.6 Å². The second-order valence-corrected chi connectivity index (χ2v) is 7.15. The number of hydrogen-bond acceptors (Lipinski definition) is 5. The maximum absolute atomic E-state index is 11.8. The number of nitrogens with zero attached hydrogens (tertiary/aromatic N) is 5. The van der Waals surface area contributed by atoms with E-state index in [1.807, 2.05) is 29.1 Å². The first-order valence-corrected chi connectivity index (χ1v) is 9.33. The van der Waals surface area contributed by atoms with Crippen LogP contribution in [0.4, 0.5) is 5.82 Å². The Morgan fingerprint density at radius 2 is 1.86 bits per heavy atom. The van der Waals surface area contributed by atoms with Gasteiger partial charge in [-0.2, -0.15) is 5.26 Å². The standard InChI is InChI=1S/C21H22N6O/c1-25-14-16(4-7-21(25)28)19-12-20(26-10-8-17(23)9-11-26)24-27(19)18-5-2-15(13-22)3-6-18/h2-7,12,14,17H,8-11,23H2,1H3. The summed E-state index contributed by atoms with van der Waals surface area (Å²) in [6, 6.07) is 15.1. The van der Waals surface area contributed by atoms with Crippen LogP contribution in [0.2, 0.25) is 0 Å². The molecular formula is C21H22N6O. The van der Waals surface area contributed by atoms with E-state index >= 15 is 0 Å². The summed E-state index contributed by atoms with van der Waals surface area (Å²) in [5.74, 6) is 0.889. The van der Waals surface area contributed by atoms with Gasteiger partial charge < -0.3 is 15.2 Å². The Hall–Kier alpha value is -3.37. The first kappa shape index (κ1) is 18.0. The lowest BCUT2D eigenvalue weighted by Crippen LogP contribution is -2.39. The molecule has 142 valence electrons. The maximum Gasteiger partial charge on any atom is 0.250 e. The molecule has 4 rings (SSSR count). The number of benzene rings is 1. The smallest absolute Gasteiger partial charge is 0.250 e. The molecule has 7 nitrogen and oxygen atoms in total. The van der Waals surface area contributed by atoms with Crippen LogP contribution in [-0.2, 0) is 7.05 Å². The second-order valence-electron chi connectivity index (χ2n) is 7.15. The average molecular weight is 374 g/mol. The van der Waals surface area contributed by atoms with Crippen molar-refractivity contribution in [2.24, 2.45) is 12.8 Å². The Morgan fingerprint density at radius 1 is 1.14 bits per heavy atom. The molecule has 1 aromatic carbocycles. The van der Waals surface area contributed by atoms with Gasteiger partial charge in [0, 0.05) is 50.1 Å². The van der Waals surface area contributed by atoms with Crippen molar-refractivity contribution in [1.29, 1.82) is 5.26 Å². The molecule has 0 unspecified atom stereocenters. The Labute approximate surface area is 163 Å². The van der Waals surface area contributed by atoms with Crippen LogP contribution in [-0.4, -0.2) is 33.5 Å². The van der Waals surface area contributed by atoms with Crippen molar-refractivity contribution >= 4 is 5.82 Å². The van der Waals surface area contributed by atoms with Crippen molar-refractivity contribution < 1.29 is 0 Å². The molecule has 0 aliphatic carbocycles. The van der Waals surface area contributed by atoms with Crippen molar-refractivity contribution in [2.75, 3.05) is 18.0 Å². The fourth-order valence-electron chi connectivity index (χ4n) is 3.48. The summed E-state index contributed by atoms with van der Waals surface area (Å²) in [6.07, 6.45) is 3.70. The molecule has 0 bridgehead atoms. The zero-order valence-electron chi connectivity index (χ0n) is 15.7. The van der Waals surface area contributed by atoms with Gasteiger partial charge in [0.2, 0.25) is 5.56 Å². The quantitative estimate of drug-likeness (QED) is 0.757. The summed E-state index contributed by atoms with van der Waals surface area (Å²) in [5, 5.41) is 13.9. The number of pyridine rings is 1. The number of nitriles is 1. The van der Waals surface area contributed by atoms with E-state index in [-0.39, 0.29) is 11.6 Å². The Morgan fingerprint density at radius 3 is 2.50 bits per heavy atom. The molecule has 28 heavy (non-hydrogen) atoms. The van der Waals surface area contributed by atoms with E-state index in [0.29, 0.717) is 5.56 Å². The number of anilines is 1. The summed E-state index contributed by atoms with van der Waals surface area (Å²) in [4.78, 5) is 14.0. The average Bonchev–Trinajstić information content (AvgIpc) is 3.16. The predicted octanol–water partition coefficient (Wildman–Crippen LogP) is 2.04. The monoisotopic (exact) mass is 374 g/mol. The zero-order valence-corrected chi connectivity index (χ0v) is 15.7. The summed E-state index contributed by atoms with van der Waals surface area (Å²) >= 11 is 0. The highest BCUT2D eigenvalue weighted by atomic mass is 16.1. The molecule has 0 radical (unpaired) electrons. The molecular weight excluding hydrogens is 352 g/mol. The largest absolute Gasteiger partial charge is 0.355 e. The number of nitrogens with two attached hydrogens (primary N) is 1. The van der Waals surface area contributed by atoms with Gasteiger partial charge in [0.15, 0.2) is 5.82 Å². The van der Waals surface area contributed by atoms with Gasteiger partial charge in [0.05, 0.1) is 23.0 Å². The second kappa shape index (κ2) is 7.33. The summed E-state index contributed by atoms with van der Waals surface area (Å²) in [6.45, 7) is 1.75. The third-order valence-corrected chi connectivity index (χ3v) is 5.18. The topological polar surface area (TPSA) is 92.9 Å². The van der Waals surface area contributed by atoms with Crippen LogP contribution in [0.3, 0.4) is 0 Å². The van der Waals surface area contributed by atoms with Crippen LogP contribution in [0.1, 0.15) is 18.4 Å². The molecule has 7 heteroatoms. The first-order chi connectivity index (χ1) is 13.5. The van der Waals surface area contributed by atoms with Gasteiger partial charge in [-0.3, -0.25) is 4.79 Å². The lowest BCUT2D eigenvalue weighted by atomic mass is 10.1. The highest BCUT2D eigenvalue weighted by Gasteiger charge is 2.21. The number of rotatable bonds is 3. The van der Waals surface area contributed by atoms with E-state index in [9.17, 15) is 4.79 Å². The van der Waals surface area contributed by atoms with E-state index in [2.05, 4.69) is 17.0 Å². The molecule has 0 amide bonds. The summed E-state index contributed by atoms with van der Waals surface area (Å²) in [5.41, 5.74) is 9.24. The molecule has 0 saturated carbocycles. The van der Waals surface area contributed by atoms with Crippen LogP contribution in [0, 0.1) is 11.3 Å². The minimum atomic E-state index is -0.0570. The van der Waals surface area contributed by atoms with Crippen molar-refractivity contribution in [3.63, 3.8) is 0 Å². The van der Waals surface area contributed by atoms with Gasteiger partial charge in [0.1, 0.15) is 0 Å². The Balaban J connectivity index is 1.80. The van der Waals surface area contributed by atoms with Crippen LogP contribution >= 0.6 is 0 Å². The fourth-order valence-corrected chi connectivity index (χ4v) is 3.48. The number of aryl methyl sites for hydroxylation is 1. The molecule has 2 N–H and O–H groups in total. The van der Waals surface area contributed by atoms with Gasteiger partial charge in [-0.1, -0.05) is 0 Å². The highest BCUT2D eigenvalue weighted by molar-refractivity contribution is 5.66. The Kier molecular flexibility index (Phi) is 4.72. The summed E-state index contributed by atoms with van der Waals surface area (Å²) in [7, 11) is 1.74. The third-order valence-electron chi connectivity index (χ3n) is 5.18. The van der Waals surface area contributed by atoms with Gasteiger partial charge >= 0.3 is 0 Å². The molecule has 2 aromatic heterocycles. The molecule has 0 atom stereocenters. The molecule has 1 fully saturated rings.